The number of carbonyl (C=O) groups excluding carboxylic acids is 1. The number of ether oxygens (including phenoxy) is 1. The number of benzene rings is 2. The molecule has 0 radical (unpaired) electrons. The molecule has 4 nitrogen and oxygen atoms in total. The molecule has 0 spiro atoms. The number of carbonyl (C=O) groups is 1. The number of nitriles is 1. The van der Waals surface area contributed by atoms with E-state index in [2.05, 4.69) is 0 Å². The molecule has 2 aromatic rings. The quantitative estimate of drug-likeness (QED) is 0.804. The van der Waals surface area contributed by atoms with E-state index in [0.717, 1.165) is 12.8 Å². The second-order valence-corrected chi connectivity index (χ2v) is 6.72. The van der Waals surface area contributed by atoms with Crippen LogP contribution in [0.25, 0.3) is 0 Å². The monoisotopic (exact) mass is 372 g/mol. The summed E-state index contributed by atoms with van der Waals surface area (Å²) in [6, 6.07) is 13.1. The molecule has 1 aliphatic heterocycles. The third-order valence-electron chi connectivity index (χ3n) is 4.54. The van der Waals surface area contributed by atoms with Crippen molar-refractivity contribution >= 4 is 17.5 Å². The average molecular weight is 373 g/mol. The van der Waals surface area contributed by atoms with Crippen LogP contribution in [0.15, 0.2) is 42.5 Å². The van der Waals surface area contributed by atoms with Crippen molar-refractivity contribution < 1.29 is 13.9 Å². The van der Waals surface area contributed by atoms with Gasteiger partial charge < -0.3 is 9.64 Å². The Morgan fingerprint density at radius 2 is 2.00 bits per heavy atom. The van der Waals surface area contributed by atoms with Gasteiger partial charge in [-0.15, -0.1) is 0 Å². The van der Waals surface area contributed by atoms with Gasteiger partial charge in [-0.1, -0.05) is 23.7 Å². The number of nitrogens with zero attached hydrogens (tertiary/aromatic N) is 2. The number of rotatable bonds is 4. The van der Waals surface area contributed by atoms with Crippen LogP contribution in [0.5, 0.6) is 5.75 Å². The first-order valence-electron chi connectivity index (χ1n) is 8.44. The number of halogens is 2. The summed E-state index contributed by atoms with van der Waals surface area (Å²) in [5.74, 6) is -0.0751. The summed E-state index contributed by atoms with van der Waals surface area (Å²) in [6.07, 6.45) is 1.59. The second-order valence-electron chi connectivity index (χ2n) is 6.28. The lowest BCUT2D eigenvalue weighted by molar-refractivity contribution is 0.0661. The van der Waals surface area contributed by atoms with E-state index in [0.29, 0.717) is 30.3 Å². The Balaban J connectivity index is 1.54. The van der Waals surface area contributed by atoms with Gasteiger partial charge in [-0.25, -0.2) is 4.39 Å². The average Bonchev–Trinajstić information content (AvgIpc) is 2.66. The van der Waals surface area contributed by atoms with Crippen molar-refractivity contribution in [1.82, 2.24) is 4.90 Å². The predicted molar refractivity (Wildman–Crippen MR) is 96.7 cm³/mol. The number of hydrogen-bond acceptors (Lipinski definition) is 3. The fraction of sp³-hybridized carbons (Fsp3) is 0.300. The van der Waals surface area contributed by atoms with Gasteiger partial charge in [0.25, 0.3) is 5.91 Å². The van der Waals surface area contributed by atoms with E-state index >= 15 is 0 Å². The molecule has 0 aromatic heterocycles. The first-order chi connectivity index (χ1) is 12.6. The van der Waals surface area contributed by atoms with E-state index in [1.54, 1.807) is 30.3 Å². The molecule has 0 unspecified atom stereocenters. The van der Waals surface area contributed by atoms with E-state index in [-0.39, 0.29) is 23.1 Å². The Bertz CT molecular complexity index is 842. The van der Waals surface area contributed by atoms with Crippen molar-refractivity contribution in [2.75, 3.05) is 19.7 Å². The Hall–Kier alpha value is -2.58. The van der Waals surface area contributed by atoms with E-state index in [1.165, 1.54) is 12.1 Å². The fourth-order valence-electron chi connectivity index (χ4n) is 3.05. The van der Waals surface area contributed by atoms with Crippen LogP contribution < -0.4 is 4.74 Å². The van der Waals surface area contributed by atoms with Crippen LogP contribution in [0.1, 0.15) is 28.8 Å². The van der Waals surface area contributed by atoms with Gasteiger partial charge in [-0.3, -0.25) is 4.79 Å². The molecular formula is C20H18ClFN2O2. The molecule has 1 aliphatic rings. The summed E-state index contributed by atoms with van der Waals surface area (Å²) in [7, 11) is 0. The predicted octanol–water partition coefficient (Wildman–Crippen LogP) is 4.28. The minimum atomic E-state index is -0.577. The molecule has 0 N–H and O–H groups in total. The Kier molecular flexibility index (Phi) is 5.75. The first-order valence-corrected chi connectivity index (χ1v) is 8.82. The molecule has 0 saturated carbocycles. The molecular weight excluding hydrogens is 355 g/mol. The molecule has 134 valence electrons. The van der Waals surface area contributed by atoms with E-state index in [1.807, 2.05) is 11.0 Å². The van der Waals surface area contributed by atoms with Crippen molar-refractivity contribution in [1.29, 1.82) is 5.26 Å². The van der Waals surface area contributed by atoms with Gasteiger partial charge in [0.05, 0.1) is 6.61 Å². The van der Waals surface area contributed by atoms with Crippen LogP contribution in [0.2, 0.25) is 5.02 Å². The molecule has 0 bridgehead atoms. The van der Waals surface area contributed by atoms with E-state index < -0.39 is 5.82 Å². The second kappa shape index (κ2) is 8.20. The lowest BCUT2D eigenvalue weighted by atomic mass is 9.97. The minimum absolute atomic E-state index is 0.0243. The molecule has 6 heteroatoms. The Morgan fingerprint density at radius 3 is 2.69 bits per heavy atom. The van der Waals surface area contributed by atoms with Gasteiger partial charge in [0.2, 0.25) is 0 Å². The molecule has 26 heavy (non-hydrogen) atoms. The van der Waals surface area contributed by atoms with Gasteiger partial charge in [0.1, 0.15) is 23.2 Å². The number of hydrogen-bond donors (Lipinski definition) is 0. The number of likely N-dealkylation sites (tertiary alicyclic amines) is 1. The highest BCUT2D eigenvalue weighted by molar-refractivity contribution is 6.30. The molecule has 0 aliphatic carbocycles. The Morgan fingerprint density at radius 1 is 1.27 bits per heavy atom. The third-order valence-corrected chi connectivity index (χ3v) is 4.77. The van der Waals surface area contributed by atoms with Crippen molar-refractivity contribution in [2.24, 2.45) is 5.92 Å². The zero-order valence-corrected chi connectivity index (χ0v) is 14.9. The minimum Gasteiger partial charge on any atom is -0.492 e. The summed E-state index contributed by atoms with van der Waals surface area (Å²) in [6.45, 7) is 1.67. The van der Waals surface area contributed by atoms with Crippen LogP contribution >= 0.6 is 11.6 Å². The van der Waals surface area contributed by atoms with Gasteiger partial charge >= 0.3 is 0 Å². The van der Waals surface area contributed by atoms with Crippen LogP contribution in [-0.4, -0.2) is 30.5 Å². The van der Waals surface area contributed by atoms with Crippen LogP contribution in [0.4, 0.5) is 4.39 Å². The highest BCUT2D eigenvalue weighted by Crippen LogP contribution is 2.24. The summed E-state index contributed by atoms with van der Waals surface area (Å²) in [5, 5.41) is 9.58. The van der Waals surface area contributed by atoms with Crippen molar-refractivity contribution in [3.63, 3.8) is 0 Å². The van der Waals surface area contributed by atoms with E-state index in [9.17, 15) is 9.18 Å². The van der Waals surface area contributed by atoms with Gasteiger partial charge in [0, 0.05) is 23.7 Å². The highest BCUT2D eigenvalue weighted by Gasteiger charge is 2.24. The molecule has 1 amide bonds. The summed E-state index contributed by atoms with van der Waals surface area (Å²) >= 11 is 5.95. The standard InChI is InChI=1S/C20H18ClFN2O2/c21-16-4-1-3-15(11-16)20(25)24-9-7-14(8-10-24)13-26-19-6-2-5-18(22)17(19)12-23/h1-6,11,14H,7-10,13H2. The topological polar surface area (TPSA) is 53.3 Å². The third kappa shape index (κ3) is 4.14. The lowest BCUT2D eigenvalue weighted by Gasteiger charge is -2.32. The molecule has 2 aromatic carbocycles. The smallest absolute Gasteiger partial charge is 0.253 e. The summed E-state index contributed by atoms with van der Waals surface area (Å²) in [4.78, 5) is 14.3. The number of piperidine rings is 1. The van der Waals surface area contributed by atoms with Crippen molar-refractivity contribution in [3.05, 3.63) is 64.4 Å². The normalized spacial score (nSPS) is 14.7. The van der Waals surface area contributed by atoms with Gasteiger partial charge in [0.15, 0.2) is 0 Å². The fourth-order valence-corrected chi connectivity index (χ4v) is 3.24. The zero-order chi connectivity index (χ0) is 18.5. The maximum atomic E-state index is 13.6. The molecule has 3 rings (SSSR count). The van der Waals surface area contributed by atoms with Crippen molar-refractivity contribution in [3.8, 4) is 11.8 Å². The number of amides is 1. The Labute approximate surface area is 156 Å². The van der Waals surface area contributed by atoms with Crippen LogP contribution in [-0.2, 0) is 0 Å². The van der Waals surface area contributed by atoms with Crippen LogP contribution in [0, 0.1) is 23.1 Å². The molecule has 1 fully saturated rings. The van der Waals surface area contributed by atoms with Gasteiger partial charge in [-0.05, 0) is 49.1 Å². The SMILES string of the molecule is N#Cc1c(F)cccc1OCC1CCN(C(=O)c2cccc(Cl)c2)CC1. The first kappa shape index (κ1) is 18.2. The largest absolute Gasteiger partial charge is 0.492 e. The maximum Gasteiger partial charge on any atom is 0.253 e. The molecule has 1 saturated heterocycles. The zero-order valence-electron chi connectivity index (χ0n) is 14.1. The highest BCUT2D eigenvalue weighted by atomic mass is 35.5. The van der Waals surface area contributed by atoms with Crippen LogP contribution in [0.3, 0.4) is 0 Å². The van der Waals surface area contributed by atoms with Crippen molar-refractivity contribution in [2.45, 2.75) is 12.8 Å². The summed E-state index contributed by atoms with van der Waals surface area (Å²) in [5.41, 5.74) is 0.520. The lowest BCUT2D eigenvalue weighted by Crippen LogP contribution is -2.39. The molecule has 1 heterocycles. The maximum absolute atomic E-state index is 13.6. The molecule has 0 atom stereocenters. The van der Waals surface area contributed by atoms with Gasteiger partial charge in [-0.2, -0.15) is 5.26 Å². The van der Waals surface area contributed by atoms with E-state index in [4.69, 9.17) is 21.6 Å². The summed E-state index contributed by atoms with van der Waals surface area (Å²) < 4.78 is 19.3.